The number of rotatable bonds is 10. The SMILES string of the molecule is CC#CCCC(=O)C1(NC(C)=O)CCN(C(=O)c2ccc(-c3c4ccc(=O)cc-4oc4cc(O)ccc34)c(C(=O)O)c2)CC1.C[C@H]1CC[C@@H](COP(P)P)O1. The van der Waals surface area contributed by atoms with Gasteiger partial charge in [0, 0.05) is 67.1 Å². The second-order valence-corrected chi connectivity index (χ2v) is 19.4. The Balaban J connectivity index is 0.000000454. The van der Waals surface area contributed by atoms with Crippen molar-refractivity contribution in [3.63, 3.8) is 0 Å². The smallest absolute Gasteiger partial charge is 0.336 e. The molecule has 2 fully saturated rings. The molecule has 3 aliphatic heterocycles. The standard InChI is InChI=1S/C34H30N2O8.C6H15O2P3/c1-3-4-5-6-30(40)34(35-20(2)37)13-15-36(16-14-34)32(41)21-7-10-24(27(17-21)33(42)43)31-25-11-8-22(38)18-28(25)44-29-19-23(39)9-12-26(29)31;1-5-2-3-6(8-5)4-7-11(9)10/h7-12,17-19,38H,5-6,13-16H2,1-2H3,(H,35,37)(H,42,43);5-6H,2-4,9-10H2,1H3/t;5-,6-/m.0/s1. The predicted molar refractivity (Wildman–Crippen MR) is 218 cm³/mol. The fraction of sp³-hybridized carbons (Fsp3) is 0.375. The Morgan fingerprint density at radius 2 is 1.76 bits per heavy atom. The Labute approximate surface area is 325 Å². The Morgan fingerprint density at radius 3 is 2.40 bits per heavy atom. The van der Waals surface area contributed by atoms with Crippen LogP contribution >= 0.6 is 25.4 Å². The quantitative estimate of drug-likeness (QED) is 0.0861. The zero-order valence-corrected chi connectivity index (χ0v) is 34.1. The van der Waals surface area contributed by atoms with Gasteiger partial charge >= 0.3 is 5.97 Å². The number of likely N-dealkylation sites (tertiary alicyclic amines) is 1. The zero-order valence-electron chi connectivity index (χ0n) is 30.9. The van der Waals surface area contributed by atoms with E-state index in [0.29, 0.717) is 40.7 Å². The van der Waals surface area contributed by atoms with E-state index in [0.717, 1.165) is 13.0 Å². The molecule has 4 aliphatic rings. The van der Waals surface area contributed by atoms with Crippen molar-refractivity contribution in [2.75, 3.05) is 19.7 Å². The molecule has 0 radical (unpaired) electrons. The highest BCUT2D eigenvalue weighted by Crippen LogP contribution is 2.53. The van der Waals surface area contributed by atoms with E-state index in [-0.39, 0.29) is 85.2 Å². The number of phenolic OH excluding ortho intramolecular Hbond substituents is 1. The normalized spacial score (nSPS) is 17.6. The minimum absolute atomic E-state index is 0.0652. The fourth-order valence-electron chi connectivity index (χ4n) is 7.02. The molecule has 2 saturated heterocycles. The number of benzene rings is 3. The van der Waals surface area contributed by atoms with E-state index in [9.17, 15) is 34.2 Å². The fourth-order valence-corrected chi connectivity index (χ4v) is 7.88. The van der Waals surface area contributed by atoms with Gasteiger partial charge in [-0.25, -0.2) is 4.79 Å². The Bertz CT molecular complexity index is 2170. The van der Waals surface area contributed by atoms with Crippen molar-refractivity contribution in [2.45, 2.75) is 77.0 Å². The number of ether oxygens (including phenoxy) is 1. The number of hydrogen-bond donors (Lipinski definition) is 3. The number of amides is 2. The number of hydrogen-bond acceptors (Lipinski definition) is 9. The Morgan fingerprint density at radius 1 is 1.04 bits per heavy atom. The van der Waals surface area contributed by atoms with E-state index in [1.807, 2.05) is 0 Å². The molecule has 3 N–H and O–H groups in total. The number of ketones is 1. The second-order valence-electron chi connectivity index (χ2n) is 13.6. The van der Waals surface area contributed by atoms with Gasteiger partial charge in [-0.2, -0.15) is 0 Å². The van der Waals surface area contributed by atoms with E-state index < -0.39 is 17.4 Å². The zero-order chi connectivity index (χ0) is 39.9. The van der Waals surface area contributed by atoms with Gasteiger partial charge in [0.2, 0.25) is 5.91 Å². The summed E-state index contributed by atoms with van der Waals surface area (Å²) in [5.74, 6) is 3.64. The van der Waals surface area contributed by atoms with Gasteiger partial charge in [0.05, 0.1) is 31.9 Å². The molecular formula is C40H45N2O10P3. The summed E-state index contributed by atoms with van der Waals surface area (Å²) >= 11 is 0. The molecule has 0 aromatic heterocycles. The maximum Gasteiger partial charge on any atom is 0.336 e. The van der Waals surface area contributed by atoms with Gasteiger partial charge in [0.15, 0.2) is 11.2 Å². The van der Waals surface area contributed by atoms with Crippen LogP contribution in [-0.4, -0.2) is 76.1 Å². The number of carboxylic acids is 1. The summed E-state index contributed by atoms with van der Waals surface area (Å²) in [4.78, 5) is 64.9. The molecule has 15 heteroatoms. The summed E-state index contributed by atoms with van der Waals surface area (Å²) in [5.41, 5.74) is 0.137. The molecule has 2 amide bonds. The van der Waals surface area contributed by atoms with Crippen LogP contribution in [0.2, 0.25) is 0 Å². The number of carbonyl (C=O) groups excluding carboxylic acids is 3. The average molecular weight is 807 g/mol. The number of aromatic carboxylic acids is 1. The van der Waals surface area contributed by atoms with Crippen LogP contribution in [0, 0.1) is 11.8 Å². The van der Waals surface area contributed by atoms with Crippen LogP contribution in [0.1, 0.15) is 80.0 Å². The van der Waals surface area contributed by atoms with Gasteiger partial charge < -0.3 is 34.1 Å². The minimum atomic E-state index is -1.26. The molecule has 1 aliphatic carbocycles. The van der Waals surface area contributed by atoms with Crippen LogP contribution in [0.25, 0.3) is 33.4 Å². The Kier molecular flexibility index (Phi) is 14.2. The molecule has 12 nitrogen and oxygen atoms in total. The molecular weight excluding hydrogens is 761 g/mol. The Hall–Kier alpha value is -4.22. The molecule has 2 unspecified atom stereocenters. The average Bonchev–Trinajstić information content (AvgIpc) is 3.57. The van der Waals surface area contributed by atoms with Crippen molar-refractivity contribution in [1.29, 1.82) is 0 Å². The number of carbonyl (C=O) groups is 4. The highest BCUT2D eigenvalue weighted by molar-refractivity contribution is 8.41. The van der Waals surface area contributed by atoms with Gasteiger partial charge in [0.1, 0.15) is 22.6 Å². The summed E-state index contributed by atoms with van der Waals surface area (Å²) in [7, 11) is 4.91. The van der Waals surface area contributed by atoms with E-state index in [1.165, 1.54) is 43.7 Å². The molecule has 3 heterocycles. The lowest BCUT2D eigenvalue weighted by Crippen LogP contribution is -2.60. The first kappa shape index (κ1) is 41.9. The van der Waals surface area contributed by atoms with Crippen molar-refractivity contribution >= 4 is 59.9 Å². The number of nitrogens with one attached hydrogen (secondary N) is 1. The van der Waals surface area contributed by atoms with Crippen LogP contribution in [0.5, 0.6) is 5.75 Å². The number of nitrogens with zero attached hydrogens (tertiary/aromatic N) is 1. The summed E-state index contributed by atoms with van der Waals surface area (Å²) < 4.78 is 16.9. The van der Waals surface area contributed by atoms with Gasteiger partial charge in [0.25, 0.3) is 5.91 Å². The molecule has 2 aromatic carbocycles. The molecule has 55 heavy (non-hydrogen) atoms. The van der Waals surface area contributed by atoms with E-state index in [2.05, 4.69) is 41.9 Å². The third kappa shape index (κ3) is 10.4. The molecule has 0 saturated carbocycles. The van der Waals surface area contributed by atoms with E-state index >= 15 is 0 Å². The van der Waals surface area contributed by atoms with Crippen molar-refractivity contribution in [3.05, 3.63) is 75.9 Å². The number of phenols is 1. The van der Waals surface area contributed by atoms with Crippen molar-refractivity contribution in [1.82, 2.24) is 10.2 Å². The summed E-state index contributed by atoms with van der Waals surface area (Å²) in [6, 6.07) is 13.0. The lowest BCUT2D eigenvalue weighted by Gasteiger charge is -2.41. The van der Waals surface area contributed by atoms with Crippen LogP contribution in [0.3, 0.4) is 0 Å². The van der Waals surface area contributed by atoms with Crippen LogP contribution in [0.4, 0.5) is 0 Å². The monoisotopic (exact) mass is 806 g/mol. The highest BCUT2D eigenvalue weighted by atomic mass is 32.4. The number of aromatic hydroxyl groups is 1. The molecule has 4 atom stereocenters. The van der Waals surface area contributed by atoms with E-state index in [1.54, 1.807) is 36.1 Å². The maximum atomic E-state index is 13.6. The third-order valence-corrected chi connectivity index (χ3v) is 11.0. The van der Waals surface area contributed by atoms with E-state index in [4.69, 9.17) is 13.7 Å². The first-order valence-electron chi connectivity index (χ1n) is 17.9. The summed E-state index contributed by atoms with van der Waals surface area (Å²) in [5, 5.41) is 23.6. The van der Waals surface area contributed by atoms with Crippen molar-refractivity contribution in [2.24, 2.45) is 0 Å². The van der Waals surface area contributed by atoms with Gasteiger partial charge in [-0.15, -0.1) is 11.8 Å². The third-order valence-electron chi connectivity index (χ3n) is 9.68. The number of Topliss-reactive ketones (excluding diaryl/α,β-unsaturated/α-hetero) is 1. The highest BCUT2D eigenvalue weighted by Gasteiger charge is 2.42. The topological polar surface area (TPSA) is 173 Å². The number of carboxylic acid groups (broad SMARTS) is 1. The minimum Gasteiger partial charge on any atom is -0.508 e. The molecule has 0 bridgehead atoms. The van der Waals surface area contributed by atoms with Crippen LogP contribution in [-0.2, 0) is 18.8 Å². The van der Waals surface area contributed by atoms with Crippen LogP contribution in [0.15, 0.2) is 63.8 Å². The molecule has 290 valence electrons. The van der Waals surface area contributed by atoms with Gasteiger partial charge in [-0.1, -0.05) is 23.9 Å². The van der Waals surface area contributed by atoms with Crippen molar-refractivity contribution in [3.8, 4) is 40.0 Å². The van der Waals surface area contributed by atoms with Gasteiger partial charge in [-0.05, 0) is 81.5 Å². The van der Waals surface area contributed by atoms with Gasteiger partial charge in [-0.3, -0.25) is 19.2 Å². The predicted octanol–water partition coefficient (Wildman–Crippen LogP) is 7.00. The lowest BCUT2D eigenvalue weighted by molar-refractivity contribution is -0.133. The first-order valence-corrected chi connectivity index (χ1v) is 22.4. The second kappa shape index (κ2) is 18.6. The maximum absolute atomic E-state index is 13.6. The van der Waals surface area contributed by atoms with Crippen molar-refractivity contribution < 1.29 is 43.1 Å². The summed E-state index contributed by atoms with van der Waals surface area (Å²) in [6.45, 7) is 6.28. The molecule has 0 spiro atoms. The number of piperidine rings is 1. The van der Waals surface area contributed by atoms with Crippen LogP contribution < -0.4 is 10.7 Å². The molecule has 6 rings (SSSR count). The number of fused-ring (bicyclic) bond motifs is 2. The lowest BCUT2D eigenvalue weighted by atomic mass is 9.81. The summed E-state index contributed by atoms with van der Waals surface area (Å²) in [6.07, 6.45) is 4.12. The largest absolute Gasteiger partial charge is 0.508 e. The molecule has 2 aromatic rings. The first-order chi connectivity index (χ1) is 26.2.